The summed E-state index contributed by atoms with van der Waals surface area (Å²) >= 11 is 0. The number of carbonyl (C=O) groups excluding carboxylic acids is 3. The third-order valence-electron chi connectivity index (χ3n) is 3.04. The van der Waals surface area contributed by atoms with Gasteiger partial charge in [0, 0.05) is 13.1 Å². The molecule has 1 fully saturated rings. The third kappa shape index (κ3) is 2.94. The van der Waals surface area contributed by atoms with Crippen molar-refractivity contribution in [3.63, 3.8) is 0 Å². The number of nitrogens with zero attached hydrogens (tertiary/aromatic N) is 1. The van der Waals surface area contributed by atoms with Gasteiger partial charge in [-0.25, -0.2) is 0 Å². The van der Waals surface area contributed by atoms with E-state index in [4.69, 9.17) is 5.73 Å². The van der Waals surface area contributed by atoms with E-state index in [-0.39, 0.29) is 25.3 Å². The predicted molar refractivity (Wildman–Crippen MR) is 69.5 cm³/mol. The Morgan fingerprint density at radius 3 is 2.65 bits per heavy atom. The van der Waals surface area contributed by atoms with Crippen LogP contribution in [0.2, 0.25) is 0 Å². The van der Waals surface area contributed by atoms with E-state index in [1.54, 1.807) is 12.1 Å². The van der Waals surface area contributed by atoms with Gasteiger partial charge in [-0.05, 0) is 24.1 Å². The van der Waals surface area contributed by atoms with Crippen molar-refractivity contribution in [3.05, 3.63) is 29.8 Å². The first kappa shape index (κ1) is 14.0. The number of rotatable bonds is 3. The van der Waals surface area contributed by atoms with Crippen molar-refractivity contribution in [2.45, 2.75) is 12.5 Å². The van der Waals surface area contributed by atoms with Crippen molar-refractivity contribution in [3.8, 4) is 5.75 Å². The Labute approximate surface area is 115 Å². The van der Waals surface area contributed by atoms with E-state index in [1.165, 1.54) is 12.1 Å². The van der Waals surface area contributed by atoms with Crippen LogP contribution in [0.5, 0.6) is 5.75 Å². The van der Waals surface area contributed by atoms with Crippen molar-refractivity contribution < 1.29 is 19.5 Å². The van der Waals surface area contributed by atoms with Gasteiger partial charge in [0.15, 0.2) is 0 Å². The van der Waals surface area contributed by atoms with Gasteiger partial charge >= 0.3 is 11.8 Å². The van der Waals surface area contributed by atoms with Crippen LogP contribution in [0.15, 0.2) is 24.3 Å². The molecular formula is C13H15N3O4. The largest absolute Gasteiger partial charge is 0.508 e. The number of phenols is 1. The average Bonchev–Trinajstić information content (AvgIpc) is 2.43. The number of amides is 3. The van der Waals surface area contributed by atoms with Gasteiger partial charge < -0.3 is 16.2 Å². The van der Waals surface area contributed by atoms with Crippen LogP contribution in [-0.4, -0.2) is 46.9 Å². The fourth-order valence-corrected chi connectivity index (χ4v) is 1.96. The van der Waals surface area contributed by atoms with Gasteiger partial charge in [0.1, 0.15) is 5.75 Å². The first-order valence-corrected chi connectivity index (χ1v) is 6.16. The Bertz CT molecular complexity index is 541. The van der Waals surface area contributed by atoms with E-state index >= 15 is 0 Å². The van der Waals surface area contributed by atoms with Crippen LogP contribution >= 0.6 is 0 Å². The zero-order chi connectivity index (χ0) is 14.7. The van der Waals surface area contributed by atoms with Crippen LogP contribution in [0.3, 0.4) is 0 Å². The molecule has 1 aromatic rings. The number of hydrogen-bond donors (Lipinski definition) is 3. The molecule has 0 unspecified atom stereocenters. The maximum atomic E-state index is 12.1. The van der Waals surface area contributed by atoms with Crippen LogP contribution in [0, 0.1) is 0 Å². The molecule has 4 N–H and O–H groups in total. The minimum atomic E-state index is -0.908. The second kappa shape index (κ2) is 5.70. The molecule has 2 rings (SSSR count). The lowest BCUT2D eigenvalue weighted by Gasteiger charge is -2.27. The van der Waals surface area contributed by atoms with Crippen LogP contribution < -0.4 is 11.1 Å². The molecule has 0 aliphatic carbocycles. The first-order chi connectivity index (χ1) is 9.49. The van der Waals surface area contributed by atoms with Crippen LogP contribution in [0.25, 0.3) is 0 Å². The Kier molecular flexibility index (Phi) is 3.99. The summed E-state index contributed by atoms with van der Waals surface area (Å²) in [5, 5.41) is 11.5. The zero-order valence-corrected chi connectivity index (χ0v) is 10.7. The Hall–Kier alpha value is -2.41. The molecule has 0 aromatic heterocycles. The van der Waals surface area contributed by atoms with Crippen molar-refractivity contribution in [2.24, 2.45) is 5.73 Å². The summed E-state index contributed by atoms with van der Waals surface area (Å²) in [6.07, 6.45) is 0.227. The van der Waals surface area contributed by atoms with Crippen LogP contribution in [0.1, 0.15) is 5.56 Å². The molecule has 3 amide bonds. The SMILES string of the molecule is N[C@@H](Cc1ccc(O)cc1)C(=O)N1CCNC(=O)C1=O. The molecule has 106 valence electrons. The minimum Gasteiger partial charge on any atom is -0.508 e. The van der Waals surface area contributed by atoms with E-state index in [1.807, 2.05) is 0 Å². The summed E-state index contributed by atoms with van der Waals surface area (Å²) in [4.78, 5) is 35.7. The molecule has 1 saturated heterocycles. The quantitative estimate of drug-likeness (QED) is 0.597. The minimum absolute atomic E-state index is 0.122. The average molecular weight is 277 g/mol. The van der Waals surface area contributed by atoms with Gasteiger partial charge in [0.05, 0.1) is 6.04 Å². The summed E-state index contributed by atoms with van der Waals surface area (Å²) in [5.74, 6) is -2.11. The Balaban J connectivity index is 2.03. The third-order valence-corrected chi connectivity index (χ3v) is 3.04. The summed E-state index contributed by atoms with van der Waals surface area (Å²) in [6.45, 7) is 0.370. The smallest absolute Gasteiger partial charge is 0.318 e. The summed E-state index contributed by atoms with van der Waals surface area (Å²) < 4.78 is 0. The normalized spacial score (nSPS) is 16.8. The maximum absolute atomic E-state index is 12.1. The van der Waals surface area contributed by atoms with E-state index in [0.29, 0.717) is 0 Å². The van der Waals surface area contributed by atoms with Crippen molar-refractivity contribution in [2.75, 3.05) is 13.1 Å². The lowest BCUT2D eigenvalue weighted by Crippen LogP contribution is -2.58. The van der Waals surface area contributed by atoms with E-state index < -0.39 is 23.8 Å². The number of benzene rings is 1. The highest BCUT2D eigenvalue weighted by molar-refractivity contribution is 6.38. The van der Waals surface area contributed by atoms with Gasteiger partial charge in [0.25, 0.3) is 0 Å². The fourth-order valence-electron chi connectivity index (χ4n) is 1.96. The molecule has 1 aromatic carbocycles. The first-order valence-electron chi connectivity index (χ1n) is 6.16. The highest BCUT2D eigenvalue weighted by Crippen LogP contribution is 2.12. The molecular weight excluding hydrogens is 262 g/mol. The topological polar surface area (TPSA) is 113 Å². The number of nitrogens with one attached hydrogen (secondary N) is 1. The molecule has 0 saturated carbocycles. The van der Waals surface area contributed by atoms with Crippen molar-refractivity contribution in [1.82, 2.24) is 10.2 Å². The second-order valence-corrected chi connectivity index (χ2v) is 4.53. The van der Waals surface area contributed by atoms with Gasteiger partial charge in [-0.2, -0.15) is 0 Å². The molecule has 1 heterocycles. The van der Waals surface area contributed by atoms with Crippen molar-refractivity contribution >= 4 is 17.7 Å². The Morgan fingerprint density at radius 2 is 2.00 bits per heavy atom. The number of phenolic OH excluding ortho intramolecular Hbond substituents is 1. The number of piperazine rings is 1. The lowest BCUT2D eigenvalue weighted by molar-refractivity contribution is -0.155. The molecule has 20 heavy (non-hydrogen) atoms. The standard InChI is InChI=1S/C13H15N3O4/c14-10(7-8-1-3-9(17)4-2-8)12(19)16-6-5-15-11(18)13(16)20/h1-4,10,17H,5-7,14H2,(H,15,18)/t10-/m0/s1. The number of aromatic hydroxyl groups is 1. The highest BCUT2D eigenvalue weighted by atomic mass is 16.3. The van der Waals surface area contributed by atoms with Crippen LogP contribution in [0.4, 0.5) is 0 Å². The molecule has 1 atom stereocenters. The van der Waals surface area contributed by atoms with Gasteiger partial charge in [0.2, 0.25) is 5.91 Å². The zero-order valence-electron chi connectivity index (χ0n) is 10.7. The molecule has 1 aliphatic rings. The van der Waals surface area contributed by atoms with Gasteiger partial charge in [-0.1, -0.05) is 12.1 Å². The number of nitrogens with two attached hydrogens (primary N) is 1. The maximum Gasteiger partial charge on any atom is 0.318 e. The number of hydrogen-bond acceptors (Lipinski definition) is 5. The molecule has 0 bridgehead atoms. The molecule has 0 radical (unpaired) electrons. The van der Waals surface area contributed by atoms with E-state index in [0.717, 1.165) is 10.5 Å². The van der Waals surface area contributed by atoms with Crippen LogP contribution in [-0.2, 0) is 20.8 Å². The monoisotopic (exact) mass is 277 g/mol. The molecule has 0 spiro atoms. The van der Waals surface area contributed by atoms with Gasteiger partial charge in [-0.3, -0.25) is 19.3 Å². The van der Waals surface area contributed by atoms with E-state index in [2.05, 4.69) is 5.32 Å². The summed E-state index contributed by atoms with van der Waals surface area (Å²) in [6, 6.07) is 5.37. The fraction of sp³-hybridized carbons (Fsp3) is 0.308. The molecule has 7 heteroatoms. The summed E-state index contributed by atoms with van der Waals surface area (Å²) in [7, 11) is 0. The second-order valence-electron chi connectivity index (χ2n) is 4.53. The lowest BCUT2D eigenvalue weighted by atomic mass is 10.0. The molecule has 7 nitrogen and oxygen atoms in total. The number of carbonyl (C=O) groups is 3. The predicted octanol–water partition coefficient (Wildman–Crippen LogP) is -1.25. The Morgan fingerprint density at radius 1 is 1.35 bits per heavy atom. The van der Waals surface area contributed by atoms with Crippen molar-refractivity contribution in [1.29, 1.82) is 0 Å². The van der Waals surface area contributed by atoms with Gasteiger partial charge in [-0.15, -0.1) is 0 Å². The summed E-state index contributed by atoms with van der Waals surface area (Å²) in [5.41, 5.74) is 6.55. The highest BCUT2D eigenvalue weighted by Gasteiger charge is 2.33. The number of imide groups is 1. The molecule has 1 aliphatic heterocycles. The van der Waals surface area contributed by atoms with E-state index in [9.17, 15) is 19.5 Å².